The van der Waals surface area contributed by atoms with Gasteiger partial charge in [-0.15, -0.1) is 0 Å². The van der Waals surface area contributed by atoms with Crippen molar-refractivity contribution >= 4 is 5.97 Å². The van der Waals surface area contributed by atoms with Crippen molar-refractivity contribution < 1.29 is 18.7 Å². The van der Waals surface area contributed by atoms with E-state index in [9.17, 15) is 9.18 Å². The first kappa shape index (κ1) is 18.4. The minimum Gasteiger partial charge on any atom is -0.493 e. The van der Waals surface area contributed by atoms with Gasteiger partial charge in [0.25, 0.3) is 0 Å². The van der Waals surface area contributed by atoms with Crippen LogP contribution in [0.3, 0.4) is 0 Å². The maximum atomic E-state index is 14.2. The number of halogens is 1. The van der Waals surface area contributed by atoms with Crippen LogP contribution in [-0.4, -0.2) is 25.7 Å². The van der Waals surface area contributed by atoms with E-state index in [1.807, 2.05) is 31.2 Å². The van der Waals surface area contributed by atoms with Crippen LogP contribution < -0.4 is 10.1 Å². The van der Waals surface area contributed by atoms with Gasteiger partial charge in [0.15, 0.2) is 0 Å². The van der Waals surface area contributed by atoms with E-state index in [-0.39, 0.29) is 18.2 Å². The van der Waals surface area contributed by atoms with Crippen molar-refractivity contribution in [3.63, 3.8) is 0 Å². The molecule has 4 nitrogen and oxygen atoms in total. The van der Waals surface area contributed by atoms with E-state index in [0.717, 1.165) is 34.4 Å². The fourth-order valence-corrected chi connectivity index (χ4v) is 3.37. The lowest BCUT2D eigenvalue weighted by Gasteiger charge is -2.22. The second-order valence-corrected chi connectivity index (χ2v) is 6.22. The highest BCUT2D eigenvalue weighted by Gasteiger charge is 2.20. The summed E-state index contributed by atoms with van der Waals surface area (Å²) < 4.78 is 25.0. The summed E-state index contributed by atoms with van der Waals surface area (Å²) in [7, 11) is 0. The first-order valence-electron chi connectivity index (χ1n) is 9.06. The van der Waals surface area contributed by atoms with Crippen LogP contribution in [-0.2, 0) is 28.9 Å². The number of nitrogens with one attached hydrogen (secondary N) is 1. The molecule has 0 saturated carbocycles. The molecule has 0 bridgehead atoms. The fourth-order valence-electron chi connectivity index (χ4n) is 3.37. The van der Waals surface area contributed by atoms with Gasteiger partial charge in [-0.25, -0.2) is 4.39 Å². The Kier molecular flexibility index (Phi) is 5.89. The second kappa shape index (κ2) is 8.32. The number of hydrogen-bond acceptors (Lipinski definition) is 4. The molecule has 0 unspecified atom stereocenters. The smallest absolute Gasteiger partial charge is 0.310 e. The predicted molar refractivity (Wildman–Crippen MR) is 98.8 cm³/mol. The van der Waals surface area contributed by atoms with E-state index in [0.29, 0.717) is 31.9 Å². The Hall–Kier alpha value is -2.40. The van der Waals surface area contributed by atoms with Crippen LogP contribution in [0, 0.1) is 5.82 Å². The molecule has 1 aliphatic heterocycles. The summed E-state index contributed by atoms with van der Waals surface area (Å²) in [6.45, 7) is 6.01. The largest absolute Gasteiger partial charge is 0.493 e. The summed E-state index contributed by atoms with van der Waals surface area (Å²) in [5, 5.41) is 3.31. The van der Waals surface area contributed by atoms with Crippen molar-refractivity contribution in [2.24, 2.45) is 0 Å². The Morgan fingerprint density at radius 1 is 1.12 bits per heavy atom. The number of carbonyl (C=O) groups excluding carboxylic acids is 1. The summed E-state index contributed by atoms with van der Waals surface area (Å²) in [5.41, 5.74) is 4.48. The van der Waals surface area contributed by atoms with Gasteiger partial charge in [0.1, 0.15) is 11.6 Å². The molecule has 0 aromatic heterocycles. The van der Waals surface area contributed by atoms with Crippen LogP contribution >= 0.6 is 0 Å². The molecule has 0 spiro atoms. The van der Waals surface area contributed by atoms with Gasteiger partial charge >= 0.3 is 5.97 Å². The molecule has 3 rings (SSSR count). The molecule has 26 heavy (non-hydrogen) atoms. The average Bonchev–Trinajstić information content (AvgIpc) is 2.64. The molecule has 5 heteroatoms. The molecule has 0 amide bonds. The van der Waals surface area contributed by atoms with Crippen molar-refractivity contribution in [1.82, 2.24) is 5.32 Å². The molecule has 1 aliphatic rings. The first-order valence-corrected chi connectivity index (χ1v) is 9.06. The Bertz CT molecular complexity index is 804. The van der Waals surface area contributed by atoms with E-state index in [1.165, 1.54) is 6.07 Å². The Balaban J connectivity index is 2.01. The maximum Gasteiger partial charge on any atom is 0.310 e. The van der Waals surface area contributed by atoms with E-state index < -0.39 is 0 Å². The highest BCUT2D eigenvalue weighted by Crippen LogP contribution is 2.36. The zero-order valence-corrected chi connectivity index (χ0v) is 15.2. The van der Waals surface area contributed by atoms with Crippen LogP contribution in [0.2, 0.25) is 0 Å². The van der Waals surface area contributed by atoms with E-state index >= 15 is 0 Å². The molecule has 138 valence electrons. The van der Waals surface area contributed by atoms with Crippen LogP contribution in [0.5, 0.6) is 5.75 Å². The van der Waals surface area contributed by atoms with Crippen LogP contribution in [0.4, 0.5) is 4.39 Å². The van der Waals surface area contributed by atoms with E-state index in [2.05, 4.69) is 5.32 Å². The van der Waals surface area contributed by atoms with Crippen LogP contribution in [0.15, 0.2) is 30.3 Å². The predicted octanol–water partition coefficient (Wildman–Crippen LogP) is 3.64. The molecule has 0 aliphatic carbocycles. The second-order valence-electron chi connectivity index (χ2n) is 6.22. The van der Waals surface area contributed by atoms with Crippen LogP contribution in [0.25, 0.3) is 11.1 Å². The third-order valence-corrected chi connectivity index (χ3v) is 4.52. The minimum absolute atomic E-state index is 0.151. The molecule has 0 atom stereocenters. The quantitative estimate of drug-likeness (QED) is 0.802. The summed E-state index contributed by atoms with van der Waals surface area (Å²) in [6, 6.07) is 9.07. The molecule has 2 aromatic rings. The summed E-state index contributed by atoms with van der Waals surface area (Å²) in [4.78, 5) is 11.8. The van der Waals surface area contributed by atoms with Crippen molar-refractivity contribution in [2.75, 3.05) is 19.8 Å². The number of hydrogen-bond donors (Lipinski definition) is 1. The van der Waals surface area contributed by atoms with Gasteiger partial charge in [-0.3, -0.25) is 4.79 Å². The van der Waals surface area contributed by atoms with Gasteiger partial charge in [0, 0.05) is 12.1 Å². The molecular formula is C21H24FNO3. The van der Waals surface area contributed by atoms with Crippen molar-refractivity contribution in [1.29, 1.82) is 0 Å². The number of esters is 1. The normalized spacial score (nSPS) is 13.2. The molecule has 0 saturated heterocycles. The SMILES string of the molecule is CCOC(=O)Cc1ccc(-c2ccc(F)c3c2CNCC3)c(OCC)c1. The summed E-state index contributed by atoms with van der Waals surface area (Å²) in [6.07, 6.45) is 0.886. The molecule has 1 heterocycles. The number of fused-ring (bicyclic) bond motifs is 1. The van der Waals surface area contributed by atoms with Crippen molar-refractivity contribution in [2.45, 2.75) is 33.2 Å². The lowest BCUT2D eigenvalue weighted by molar-refractivity contribution is -0.142. The Morgan fingerprint density at radius 3 is 2.69 bits per heavy atom. The maximum absolute atomic E-state index is 14.2. The number of rotatable bonds is 6. The van der Waals surface area contributed by atoms with Crippen LogP contribution in [0.1, 0.15) is 30.5 Å². The zero-order chi connectivity index (χ0) is 18.5. The van der Waals surface area contributed by atoms with Crippen molar-refractivity contribution in [3.8, 4) is 16.9 Å². The van der Waals surface area contributed by atoms with E-state index in [1.54, 1.807) is 6.92 Å². The summed E-state index contributed by atoms with van der Waals surface area (Å²) in [5.74, 6) is 0.293. The molecular weight excluding hydrogens is 333 g/mol. The fraction of sp³-hybridized carbons (Fsp3) is 0.381. The zero-order valence-electron chi connectivity index (χ0n) is 15.2. The standard InChI is InChI=1S/C21H24FNO3/c1-3-25-20-11-14(12-21(24)26-4-2)5-6-17(20)15-7-8-19(22)16-9-10-23-13-18(15)16/h5-8,11,23H,3-4,9-10,12-13H2,1-2H3. The lowest BCUT2D eigenvalue weighted by atomic mass is 9.90. The third-order valence-electron chi connectivity index (χ3n) is 4.52. The van der Waals surface area contributed by atoms with Gasteiger partial charge in [-0.2, -0.15) is 0 Å². The highest BCUT2D eigenvalue weighted by atomic mass is 19.1. The molecule has 1 N–H and O–H groups in total. The monoisotopic (exact) mass is 357 g/mol. The van der Waals surface area contributed by atoms with Gasteiger partial charge in [0.05, 0.1) is 19.6 Å². The summed E-state index contributed by atoms with van der Waals surface area (Å²) >= 11 is 0. The Labute approximate surface area is 153 Å². The first-order chi connectivity index (χ1) is 12.6. The van der Waals surface area contributed by atoms with Gasteiger partial charge in [0.2, 0.25) is 0 Å². The highest BCUT2D eigenvalue weighted by molar-refractivity contribution is 5.77. The average molecular weight is 357 g/mol. The third kappa shape index (κ3) is 3.88. The van der Waals surface area contributed by atoms with E-state index in [4.69, 9.17) is 9.47 Å². The number of benzene rings is 2. The minimum atomic E-state index is -0.258. The molecule has 0 radical (unpaired) electrons. The Morgan fingerprint density at radius 2 is 1.92 bits per heavy atom. The van der Waals surface area contributed by atoms with Gasteiger partial charge < -0.3 is 14.8 Å². The van der Waals surface area contributed by atoms with Crippen molar-refractivity contribution in [3.05, 3.63) is 52.8 Å². The molecule has 0 fully saturated rings. The number of carbonyl (C=O) groups is 1. The topological polar surface area (TPSA) is 47.6 Å². The lowest BCUT2D eigenvalue weighted by Crippen LogP contribution is -2.25. The number of ether oxygens (including phenoxy) is 2. The van der Waals surface area contributed by atoms with Gasteiger partial charge in [-0.05, 0) is 61.2 Å². The van der Waals surface area contributed by atoms with Gasteiger partial charge in [-0.1, -0.05) is 18.2 Å². The molecule has 2 aromatic carbocycles.